The summed E-state index contributed by atoms with van der Waals surface area (Å²) < 4.78 is 1.19. The fourth-order valence-electron chi connectivity index (χ4n) is 4.75. The molecule has 0 unspecified atom stereocenters. The molecule has 0 aromatic carbocycles. The van der Waals surface area contributed by atoms with Gasteiger partial charge in [-0.25, -0.2) is 0 Å². The predicted octanol–water partition coefficient (Wildman–Crippen LogP) is 5.66. The monoisotopic (exact) mass is 553 g/mol. The fraction of sp³-hybridized carbons (Fsp3) is 1.00. The Balaban J connectivity index is 0. The highest BCUT2D eigenvalue weighted by atomic mass is 127. The summed E-state index contributed by atoms with van der Waals surface area (Å²) in [6.07, 6.45) is 29.3. The Morgan fingerprint density at radius 3 is 0.968 bits per heavy atom. The first-order valence-corrected chi connectivity index (χ1v) is 14.1. The van der Waals surface area contributed by atoms with Crippen molar-refractivity contribution in [1.29, 1.82) is 0 Å². The van der Waals surface area contributed by atoms with Gasteiger partial charge in [0.1, 0.15) is 0 Å². The maximum Gasteiger partial charge on any atom is 0.0806 e. The molecule has 0 spiro atoms. The lowest BCUT2D eigenvalue weighted by molar-refractivity contribution is -0.910. The lowest BCUT2D eigenvalue weighted by Gasteiger charge is -2.35. The topological polar surface area (TPSA) is 20.2 Å². The second kappa shape index (κ2) is 26.9. The molecule has 0 aliphatic rings. The summed E-state index contributed by atoms with van der Waals surface area (Å²) in [5.74, 6) is 0. The van der Waals surface area contributed by atoms with Gasteiger partial charge in [0.15, 0.2) is 0 Å². The molecular weight excluding hydrogens is 493 g/mol. The number of halogens is 1. The Labute approximate surface area is 215 Å². The van der Waals surface area contributed by atoms with Gasteiger partial charge in [-0.05, 0) is 25.7 Å². The van der Waals surface area contributed by atoms with E-state index in [2.05, 4.69) is 20.9 Å². The van der Waals surface area contributed by atoms with Gasteiger partial charge in [0.25, 0.3) is 0 Å². The molecule has 3 heteroatoms. The van der Waals surface area contributed by atoms with E-state index in [1.54, 1.807) is 0 Å². The first-order valence-electron chi connectivity index (χ1n) is 14.1. The highest BCUT2D eigenvalue weighted by molar-refractivity contribution is 4.51. The van der Waals surface area contributed by atoms with Crippen molar-refractivity contribution in [2.75, 3.05) is 33.3 Å². The number of nitrogens with zero attached hydrogens (tertiary/aromatic N) is 1. The molecule has 0 amide bonds. The van der Waals surface area contributed by atoms with Gasteiger partial charge in [0.05, 0.1) is 26.7 Å². The Bertz CT molecular complexity index is 300. The zero-order valence-corrected chi connectivity index (χ0v) is 24.1. The molecule has 0 aliphatic carbocycles. The summed E-state index contributed by atoms with van der Waals surface area (Å²) in [5.41, 5.74) is 0. The molecule has 0 radical (unpaired) electrons. The van der Waals surface area contributed by atoms with Crippen LogP contribution in [0.2, 0.25) is 0 Å². The largest absolute Gasteiger partial charge is 1.00 e. The number of unbranched alkanes of at least 4 members (excludes halogenated alkanes) is 18. The van der Waals surface area contributed by atoms with E-state index in [-0.39, 0.29) is 24.0 Å². The van der Waals surface area contributed by atoms with E-state index in [0.29, 0.717) is 6.61 Å². The average Bonchev–Trinajstić information content (AvgIpc) is 2.75. The van der Waals surface area contributed by atoms with Crippen LogP contribution in [-0.4, -0.2) is 42.9 Å². The van der Waals surface area contributed by atoms with Crippen molar-refractivity contribution in [3.8, 4) is 0 Å². The zero-order chi connectivity index (χ0) is 22.2. The van der Waals surface area contributed by atoms with E-state index in [0.717, 1.165) is 13.0 Å². The summed E-state index contributed by atoms with van der Waals surface area (Å²) in [4.78, 5) is 0. The Morgan fingerprint density at radius 2 is 0.677 bits per heavy atom. The molecule has 0 aliphatic heterocycles. The van der Waals surface area contributed by atoms with Crippen molar-refractivity contribution in [1.82, 2.24) is 0 Å². The van der Waals surface area contributed by atoms with Gasteiger partial charge in [-0.3, -0.25) is 0 Å². The van der Waals surface area contributed by atoms with Gasteiger partial charge in [0, 0.05) is 13.0 Å². The molecule has 0 rings (SSSR count). The normalized spacial score (nSPS) is 11.6. The van der Waals surface area contributed by atoms with E-state index in [1.165, 1.54) is 146 Å². The Morgan fingerprint density at radius 1 is 0.419 bits per heavy atom. The van der Waals surface area contributed by atoms with Gasteiger partial charge < -0.3 is 33.6 Å². The van der Waals surface area contributed by atoms with E-state index in [9.17, 15) is 5.11 Å². The van der Waals surface area contributed by atoms with Gasteiger partial charge in [0.2, 0.25) is 0 Å². The molecule has 0 saturated carbocycles. The van der Waals surface area contributed by atoms with Crippen LogP contribution in [0.1, 0.15) is 149 Å². The molecule has 0 aromatic rings. The van der Waals surface area contributed by atoms with E-state index in [1.807, 2.05) is 0 Å². The minimum atomic E-state index is 0. The summed E-state index contributed by atoms with van der Waals surface area (Å²) >= 11 is 0. The first kappa shape index (κ1) is 33.8. The lowest BCUT2D eigenvalue weighted by Crippen LogP contribution is -3.00. The van der Waals surface area contributed by atoms with Crippen LogP contribution < -0.4 is 24.0 Å². The number of rotatable bonds is 25. The van der Waals surface area contributed by atoms with Crippen LogP contribution in [0.25, 0.3) is 0 Å². The summed E-state index contributed by atoms with van der Waals surface area (Å²) in [7, 11) is 2.44. The number of hydrogen-bond acceptors (Lipinski definition) is 1. The molecule has 0 aromatic heterocycles. The van der Waals surface area contributed by atoms with E-state index < -0.39 is 0 Å². The number of aliphatic hydroxyl groups is 1. The quantitative estimate of drug-likeness (QED) is 0.0879. The van der Waals surface area contributed by atoms with Gasteiger partial charge in [-0.2, -0.15) is 0 Å². The van der Waals surface area contributed by atoms with Crippen molar-refractivity contribution in [3.63, 3.8) is 0 Å². The highest BCUT2D eigenvalue weighted by Gasteiger charge is 2.19. The highest BCUT2D eigenvalue weighted by Crippen LogP contribution is 2.16. The van der Waals surface area contributed by atoms with Crippen LogP contribution in [-0.2, 0) is 0 Å². The number of quaternary nitrogens is 1. The third-order valence-corrected chi connectivity index (χ3v) is 6.96. The van der Waals surface area contributed by atoms with Crippen molar-refractivity contribution >= 4 is 0 Å². The Hall–Kier alpha value is 0.650. The molecule has 0 atom stereocenters. The van der Waals surface area contributed by atoms with Crippen LogP contribution in [0.15, 0.2) is 0 Å². The third-order valence-electron chi connectivity index (χ3n) is 6.96. The number of hydrogen-bond donors (Lipinski definition) is 1. The van der Waals surface area contributed by atoms with Gasteiger partial charge >= 0.3 is 0 Å². The zero-order valence-electron chi connectivity index (χ0n) is 22.0. The molecular formula is C28H60INO. The molecule has 0 saturated heterocycles. The maximum absolute atomic E-state index is 9.31. The molecule has 190 valence electrons. The van der Waals surface area contributed by atoms with Crippen LogP contribution in [0.5, 0.6) is 0 Å². The van der Waals surface area contributed by atoms with Crippen molar-refractivity contribution in [2.24, 2.45) is 0 Å². The first-order chi connectivity index (χ1) is 14.7. The molecule has 2 nitrogen and oxygen atoms in total. The molecule has 0 bridgehead atoms. The van der Waals surface area contributed by atoms with E-state index >= 15 is 0 Å². The summed E-state index contributed by atoms with van der Waals surface area (Å²) in [6.45, 7) is 8.73. The van der Waals surface area contributed by atoms with Crippen LogP contribution in [0.4, 0.5) is 0 Å². The molecule has 0 fully saturated rings. The predicted molar refractivity (Wildman–Crippen MR) is 136 cm³/mol. The second-order valence-corrected chi connectivity index (χ2v) is 10.2. The summed E-state index contributed by atoms with van der Waals surface area (Å²) in [6, 6.07) is 0. The summed E-state index contributed by atoms with van der Waals surface area (Å²) in [5, 5.41) is 9.31. The fourth-order valence-corrected chi connectivity index (χ4v) is 4.75. The molecule has 0 heterocycles. The standard InChI is InChI=1S/C28H60NO.HI/c1-4-6-8-10-12-14-16-18-20-22-25-29(3,27-24-28-30)26-23-21-19-17-15-13-11-9-7-5-2;/h30H,4-28H2,1-3H3;1H/q+1;/p-1. The maximum atomic E-state index is 9.31. The van der Waals surface area contributed by atoms with Crippen molar-refractivity contribution < 1.29 is 33.6 Å². The van der Waals surface area contributed by atoms with Gasteiger partial charge in [-0.1, -0.05) is 117 Å². The lowest BCUT2D eigenvalue weighted by atomic mass is 10.1. The van der Waals surface area contributed by atoms with Crippen molar-refractivity contribution in [3.05, 3.63) is 0 Å². The Kier molecular flexibility index (Phi) is 29.3. The second-order valence-electron chi connectivity index (χ2n) is 10.2. The molecule has 1 N–H and O–H groups in total. The smallest absolute Gasteiger partial charge is 0.0806 e. The van der Waals surface area contributed by atoms with Crippen LogP contribution >= 0.6 is 0 Å². The molecule has 31 heavy (non-hydrogen) atoms. The average molecular weight is 554 g/mol. The minimum Gasteiger partial charge on any atom is -1.00 e. The van der Waals surface area contributed by atoms with Crippen LogP contribution in [0.3, 0.4) is 0 Å². The van der Waals surface area contributed by atoms with E-state index in [4.69, 9.17) is 0 Å². The SMILES string of the molecule is CCCCCCCCCCCC[N+](C)(CCCO)CCCCCCCCCCCC.[I-]. The minimum absolute atomic E-state index is 0. The van der Waals surface area contributed by atoms with Gasteiger partial charge in [-0.15, -0.1) is 0 Å². The number of aliphatic hydroxyl groups excluding tert-OH is 1. The third kappa shape index (κ3) is 25.1. The van der Waals surface area contributed by atoms with Crippen LogP contribution in [0, 0.1) is 0 Å². The van der Waals surface area contributed by atoms with Crippen molar-refractivity contribution in [2.45, 2.75) is 149 Å².